The number of Topliss-reactive ketones (excluding diaryl/α,β-unsaturated/α-hetero) is 1. The van der Waals surface area contributed by atoms with Gasteiger partial charge in [-0.1, -0.05) is 13.3 Å². The quantitative estimate of drug-likeness (QED) is 0.467. The number of benzene rings is 1. The molecule has 0 saturated carbocycles. The summed E-state index contributed by atoms with van der Waals surface area (Å²) >= 11 is 0. The van der Waals surface area contributed by atoms with Gasteiger partial charge in [-0.25, -0.2) is 4.79 Å². The largest absolute Gasteiger partial charge is 0.479 e. The first-order valence-electron chi connectivity index (χ1n) is 6.05. The Bertz CT molecular complexity index is 540. The van der Waals surface area contributed by atoms with Crippen LogP contribution in [0.15, 0.2) is 18.2 Å². The SMILES string of the molecule is CCCC(Oc1ccc([N+](=O)[O-])cc1C(C)=O)C(=O)O. The first kappa shape index (κ1) is 15.6. The molecule has 0 heterocycles. The van der Waals surface area contributed by atoms with Crippen LogP contribution in [0.1, 0.15) is 37.0 Å². The third-order valence-corrected chi connectivity index (χ3v) is 2.65. The number of carboxylic acid groups (broad SMARTS) is 1. The molecule has 1 aromatic rings. The summed E-state index contributed by atoms with van der Waals surface area (Å²) in [5.41, 5.74) is -0.244. The van der Waals surface area contributed by atoms with Crippen molar-refractivity contribution >= 4 is 17.4 Å². The molecule has 1 aromatic carbocycles. The predicted octanol–water partition coefficient (Wildman–Crippen LogP) is 2.43. The fourth-order valence-corrected chi connectivity index (χ4v) is 1.66. The number of aliphatic carboxylic acids is 1. The van der Waals surface area contributed by atoms with Crippen molar-refractivity contribution in [1.82, 2.24) is 0 Å². The zero-order valence-corrected chi connectivity index (χ0v) is 11.2. The van der Waals surface area contributed by atoms with Crippen LogP contribution in [0.2, 0.25) is 0 Å². The second-order valence-electron chi connectivity index (χ2n) is 4.23. The maximum absolute atomic E-state index is 11.5. The van der Waals surface area contributed by atoms with Crippen molar-refractivity contribution in [3.63, 3.8) is 0 Å². The van der Waals surface area contributed by atoms with Crippen molar-refractivity contribution in [3.8, 4) is 5.75 Å². The lowest BCUT2D eigenvalue weighted by atomic mass is 10.1. The first-order chi connectivity index (χ1) is 9.36. The lowest BCUT2D eigenvalue weighted by Crippen LogP contribution is -2.27. The summed E-state index contributed by atoms with van der Waals surface area (Å²) in [6.07, 6.45) is -0.206. The summed E-state index contributed by atoms with van der Waals surface area (Å²) in [4.78, 5) is 32.6. The highest BCUT2D eigenvalue weighted by atomic mass is 16.6. The molecule has 0 saturated heterocycles. The smallest absolute Gasteiger partial charge is 0.344 e. The van der Waals surface area contributed by atoms with Crippen LogP contribution >= 0.6 is 0 Å². The molecule has 0 radical (unpaired) electrons. The lowest BCUT2D eigenvalue weighted by Gasteiger charge is -2.16. The molecule has 0 aliphatic heterocycles. The number of rotatable bonds is 7. The molecule has 0 aliphatic carbocycles. The zero-order chi connectivity index (χ0) is 15.3. The third-order valence-electron chi connectivity index (χ3n) is 2.65. The van der Waals surface area contributed by atoms with Crippen LogP contribution in [0.25, 0.3) is 0 Å². The number of nitro groups is 1. The van der Waals surface area contributed by atoms with Crippen molar-refractivity contribution in [2.45, 2.75) is 32.8 Å². The summed E-state index contributed by atoms with van der Waals surface area (Å²) in [7, 11) is 0. The fraction of sp³-hybridized carbons (Fsp3) is 0.385. The van der Waals surface area contributed by atoms with E-state index in [9.17, 15) is 19.7 Å². The molecule has 7 heteroatoms. The number of carboxylic acids is 1. The maximum atomic E-state index is 11.5. The summed E-state index contributed by atoms with van der Waals surface area (Å²) in [5, 5.41) is 19.7. The van der Waals surface area contributed by atoms with Gasteiger partial charge >= 0.3 is 5.97 Å². The van der Waals surface area contributed by atoms with E-state index < -0.39 is 22.8 Å². The van der Waals surface area contributed by atoms with Crippen molar-refractivity contribution in [2.24, 2.45) is 0 Å². The van der Waals surface area contributed by atoms with E-state index in [1.807, 2.05) is 0 Å². The molecule has 1 N–H and O–H groups in total. The van der Waals surface area contributed by atoms with Gasteiger partial charge < -0.3 is 9.84 Å². The minimum absolute atomic E-state index is 0.00144. The summed E-state index contributed by atoms with van der Waals surface area (Å²) in [6.45, 7) is 3.04. The Balaban J connectivity index is 3.13. The van der Waals surface area contributed by atoms with Gasteiger partial charge in [-0.15, -0.1) is 0 Å². The average Bonchev–Trinajstić information content (AvgIpc) is 2.37. The second-order valence-corrected chi connectivity index (χ2v) is 4.23. The average molecular weight is 281 g/mol. The minimum Gasteiger partial charge on any atom is -0.479 e. The van der Waals surface area contributed by atoms with Crippen LogP contribution in [-0.2, 0) is 4.79 Å². The molecule has 0 amide bonds. The minimum atomic E-state index is -1.14. The van der Waals surface area contributed by atoms with Crippen molar-refractivity contribution in [2.75, 3.05) is 0 Å². The topological polar surface area (TPSA) is 107 Å². The zero-order valence-electron chi connectivity index (χ0n) is 11.2. The molecule has 0 bridgehead atoms. The van der Waals surface area contributed by atoms with Crippen LogP contribution in [0, 0.1) is 10.1 Å². The van der Waals surface area contributed by atoms with Gasteiger partial charge in [-0.2, -0.15) is 0 Å². The normalized spacial score (nSPS) is 11.7. The summed E-state index contributed by atoms with van der Waals surface area (Å²) in [6, 6.07) is 3.51. The highest BCUT2D eigenvalue weighted by Crippen LogP contribution is 2.26. The predicted molar refractivity (Wildman–Crippen MR) is 70.1 cm³/mol. The molecule has 0 spiro atoms. The maximum Gasteiger partial charge on any atom is 0.344 e. The molecule has 1 atom stereocenters. The number of ether oxygens (including phenoxy) is 1. The van der Waals surface area contributed by atoms with Crippen molar-refractivity contribution < 1.29 is 24.4 Å². The van der Waals surface area contributed by atoms with Crippen molar-refractivity contribution in [1.29, 1.82) is 0 Å². The van der Waals surface area contributed by atoms with Gasteiger partial charge in [0.2, 0.25) is 0 Å². The number of non-ortho nitro benzene ring substituents is 1. The van der Waals surface area contributed by atoms with Gasteiger partial charge in [-0.05, 0) is 19.4 Å². The first-order valence-corrected chi connectivity index (χ1v) is 6.05. The molecule has 108 valence electrons. The van der Waals surface area contributed by atoms with E-state index in [-0.39, 0.29) is 23.4 Å². The fourth-order valence-electron chi connectivity index (χ4n) is 1.66. The highest BCUT2D eigenvalue weighted by Gasteiger charge is 2.22. The number of nitrogens with zero attached hydrogens (tertiary/aromatic N) is 1. The van der Waals surface area contributed by atoms with Gasteiger partial charge in [0.15, 0.2) is 11.9 Å². The van der Waals surface area contributed by atoms with E-state index in [4.69, 9.17) is 9.84 Å². The van der Waals surface area contributed by atoms with Gasteiger partial charge in [0.05, 0.1) is 10.5 Å². The van der Waals surface area contributed by atoms with Crippen molar-refractivity contribution in [3.05, 3.63) is 33.9 Å². The standard InChI is InChI=1S/C13H15NO6/c1-3-4-12(13(16)17)20-11-6-5-9(14(18)19)7-10(11)8(2)15/h5-7,12H,3-4H2,1-2H3,(H,16,17). The van der Waals surface area contributed by atoms with Crippen LogP contribution in [0.5, 0.6) is 5.75 Å². The molecule has 0 fully saturated rings. The van der Waals surface area contributed by atoms with Crippen LogP contribution < -0.4 is 4.74 Å². The Morgan fingerprint density at radius 1 is 1.45 bits per heavy atom. The third kappa shape index (κ3) is 3.78. The number of nitro benzene ring substituents is 1. The van der Waals surface area contributed by atoms with E-state index in [1.54, 1.807) is 6.92 Å². The molecule has 1 rings (SSSR count). The Morgan fingerprint density at radius 2 is 2.10 bits per heavy atom. The Morgan fingerprint density at radius 3 is 2.55 bits per heavy atom. The molecule has 0 aliphatic rings. The molecule has 20 heavy (non-hydrogen) atoms. The van der Waals surface area contributed by atoms with Gasteiger partial charge in [0.1, 0.15) is 5.75 Å². The highest BCUT2D eigenvalue weighted by molar-refractivity contribution is 5.97. The lowest BCUT2D eigenvalue weighted by molar-refractivity contribution is -0.384. The summed E-state index contributed by atoms with van der Waals surface area (Å²) < 4.78 is 5.30. The van der Waals surface area contributed by atoms with E-state index in [2.05, 4.69) is 0 Å². The molecular formula is C13H15NO6. The van der Waals surface area contributed by atoms with E-state index >= 15 is 0 Å². The monoisotopic (exact) mass is 281 g/mol. The molecular weight excluding hydrogens is 266 g/mol. The van der Waals surface area contributed by atoms with E-state index in [0.29, 0.717) is 6.42 Å². The van der Waals surface area contributed by atoms with Crippen LogP contribution in [0.4, 0.5) is 5.69 Å². The Kier molecular flexibility index (Phi) is 5.19. The molecule has 1 unspecified atom stereocenters. The second kappa shape index (κ2) is 6.65. The molecule has 0 aromatic heterocycles. The van der Waals surface area contributed by atoms with Crippen LogP contribution in [-0.4, -0.2) is 27.9 Å². The number of hydrogen-bond donors (Lipinski definition) is 1. The summed E-state index contributed by atoms with van der Waals surface area (Å²) in [5.74, 6) is -1.52. The number of carbonyl (C=O) groups excluding carboxylic acids is 1. The van der Waals surface area contributed by atoms with Gasteiger partial charge in [-0.3, -0.25) is 14.9 Å². The molecule has 7 nitrogen and oxygen atoms in total. The van der Waals surface area contributed by atoms with Gasteiger partial charge in [0.25, 0.3) is 5.69 Å². The number of hydrogen-bond acceptors (Lipinski definition) is 5. The van der Waals surface area contributed by atoms with Gasteiger partial charge in [0, 0.05) is 12.1 Å². The van der Waals surface area contributed by atoms with E-state index in [0.717, 1.165) is 6.07 Å². The number of carbonyl (C=O) groups is 2. The van der Waals surface area contributed by atoms with Crippen LogP contribution in [0.3, 0.4) is 0 Å². The number of ketones is 1. The Hall–Kier alpha value is -2.44. The van der Waals surface area contributed by atoms with E-state index in [1.165, 1.54) is 19.1 Å². The Labute approximate surface area is 115 Å².